The highest BCUT2D eigenvalue weighted by Crippen LogP contribution is 2.51. The van der Waals surface area contributed by atoms with E-state index in [0.29, 0.717) is 23.4 Å². The van der Waals surface area contributed by atoms with Crippen LogP contribution in [0.2, 0.25) is 33.2 Å². The highest BCUT2D eigenvalue weighted by molar-refractivity contribution is 6.79. The van der Waals surface area contributed by atoms with E-state index in [1.807, 2.05) is 0 Å². The summed E-state index contributed by atoms with van der Waals surface area (Å²) < 4.78 is 13.3. The van der Waals surface area contributed by atoms with Gasteiger partial charge in [-0.2, -0.15) is 0 Å². The summed E-state index contributed by atoms with van der Waals surface area (Å²) >= 11 is 0. The molecule has 0 bridgehead atoms. The standard InChI is InChI=1S/C19H44O2Si2/c1-15(2)22(13,18(7,8)9)20-14-21-23(16(3)4,17(5)6)19(10,11)12/h15-17H,14H2,1-13H3/t22-/m1/s1. The van der Waals surface area contributed by atoms with Crippen LogP contribution < -0.4 is 0 Å². The SMILES string of the molecule is CC(C)[Si](OCO[Si@](C)(C(C)C)C(C)(C)C)(C(C)C)C(C)(C)C. The first-order valence-corrected chi connectivity index (χ1v) is 13.9. The Kier molecular flexibility index (Phi) is 7.83. The van der Waals surface area contributed by atoms with Crippen LogP contribution in [0.4, 0.5) is 0 Å². The zero-order chi connectivity index (χ0) is 18.9. The first kappa shape index (κ1) is 23.4. The van der Waals surface area contributed by atoms with Gasteiger partial charge in [-0.3, -0.25) is 0 Å². The lowest BCUT2D eigenvalue weighted by atomic mass is 10.2. The smallest absolute Gasteiger partial charge is 0.206 e. The molecule has 2 nitrogen and oxygen atoms in total. The van der Waals surface area contributed by atoms with Crippen LogP contribution in [0.5, 0.6) is 0 Å². The Bertz CT molecular complexity index is 357. The Morgan fingerprint density at radius 3 is 1.26 bits per heavy atom. The lowest BCUT2D eigenvalue weighted by Crippen LogP contribution is -2.55. The van der Waals surface area contributed by atoms with Crippen LogP contribution in [0, 0.1) is 0 Å². The predicted molar refractivity (Wildman–Crippen MR) is 109 cm³/mol. The monoisotopic (exact) mass is 360 g/mol. The quantitative estimate of drug-likeness (QED) is 0.349. The summed E-state index contributed by atoms with van der Waals surface area (Å²) in [7, 11) is -3.81. The van der Waals surface area contributed by atoms with Crippen molar-refractivity contribution < 1.29 is 8.85 Å². The maximum Gasteiger partial charge on any atom is 0.206 e. The molecule has 0 saturated carbocycles. The molecule has 0 radical (unpaired) electrons. The molecular formula is C19H44O2Si2. The zero-order valence-corrected chi connectivity index (χ0v) is 20.3. The van der Waals surface area contributed by atoms with E-state index in [0.717, 1.165) is 0 Å². The molecular weight excluding hydrogens is 316 g/mol. The molecule has 0 rings (SSSR count). The summed E-state index contributed by atoms with van der Waals surface area (Å²) in [5.74, 6) is 0. The lowest BCUT2D eigenvalue weighted by molar-refractivity contribution is 0.0817. The molecule has 1 atom stereocenters. The minimum Gasteiger partial charge on any atom is -0.395 e. The van der Waals surface area contributed by atoms with Gasteiger partial charge in [-0.1, -0.05) is 83.1 Å². The molecule has 0 unspecified atom stereocenters. The van der Waals surface area contributed by atoms with Gasteiger partial charge in [0.2, 0.25) is 16.6 Å². The van der Waals surface area contributed by atoms with Gasteiger partial charge in [0.25, 0.3) is 0 Å². The molecule has 0 aliphatic carbocycles. The van der Waals surface area contributed by atoms with Crippen LogP contribution in [-0.4, -0.2) is 23.4 Å². The van der Waals surface area contributed by atoms with Crippen molar-refractivity contribution in [1.29, 1.82) is 0 Å². The molecule has 4 heteroatoms. The lowest BCUT2D eigenvalue weighted by Gasteiger charge is -2.49. The molecule has 0 aromatic heterocycles. The summed E-state index contributed by atoms with van der Waals surface area (Å²) in [4.78, 5) is 0. The topological polar surface area (TPSA) is 18.5 Å². The van der Waals surface area contributed by atoms with Crippen molar-refractivity contribution in [2.75, 3.05) is 6.79 Å². The van der Waals surface area contributed by atoms with Crippen molar-refractivity contribution in [2.45, 2.75) is 116 Å². The van der Waals surface area contributed by atoms with Crippen molar-refractivity contribution in [3.05, 3.63) is 0 Å². The molecule has 0 aliphatic rings. The Morgan fingerprint density at radius 1 is 0.652 bits per heavy atom. The Labute approximate surface area is 149 Å². The van der Waals surface area contributed by atoms with Crippen LogP contribution in [0.1, 0.15) is 83.1 Å². The first-order valence-electron chi connectivity index (χ1n) is 9.32. The third kappa shape index (κ3) is 4.71. The van der Waals surface area contributed by atoms with Crippen molar-refractivity contribution in [1.82, 2.24) is 0 Å². The Hall–Kier alpha value is 0.354. The summed E-state index contributed by atoms with van der Waals surface area (Å²) in [6.45, 7) is 30.8. The van der Waals surface area contributed by atoms with Gasteiger partial charge in [0.05, 0.1) is 0 Å². The maximum atomic E-state index is 6.71. The average Bonchev–Trinajstić information content (AvgIpc) is 2.29. The van der Waals surface area contributed by atoms with E-state index in [9.17, 15) is 0 Å². The molecule has 140 valence electrons. The molecule has 0 saturated heterocycles. The minimum absolute atomic E-state index is 0.205. The molecule has 0 aromatic carbocycles. The predicted octanol–water partition coefficient (Wildman–Crippen LogP) is 7.33. The van der Waals surface area contributed by atoms with Gasteiger partial charge in [0.15, 0.2) is 0 Å². The summed E-state index contributed by atoms with van der Waals surface area (Å²) in [5, 5.41) is 0.419. The van der Waals surface area contributed by atoms with Crippen molar-refractivity contribution in [3.63, 3.8) is 0 Å². The van der Waals surface area contributed by atoms with Gasteiger partial charge in [0, 0.05) is 0 Å². The second-order valence-electron chi connectivity index (χ2n) is 10.3. The second kappa shape index (κ2) is 7.71. The molecule has 0 aromatic rings. The molecule has 0 heterocycles. The normalized spacial score (nSPS) is 17.2. The van der Waals surface area contributed by atoms with Gasteiger partial charge in [-0.25, -0.2) is 0 Å². The number of rotatable bonds is 7. The van der Waals surface area contributed by atoms with Crippen LogP contribution in [0.3, 0.4) is 0 Å². The zero-order valence-electron chi connectivity index (χ0n) is 18.3. The van der Waals surface area contributed by atoms with Gasteiger partial charge in [-0.15, -0.1) is 0 Å². The van der Waals surface area contributed by atoms with E-state index in [4.69, 9.17) is 8.85 Å². The van der Waals surface area contributed by atoms with E-state index in [2.05, 4.69) is 89.6 Å². The van der Waals surface area contributed by atoms with E-state index >= 15 is 0 Å². The van der Waals surface area contributed by atoms with E-state index < -0.39 is 16.6 Å². The largest absolute Gasteiger partial charge is 0.395 e. The highest BCUT2D eigenvalue weighted by atomic mass is 28.4. The maximum absolute atomic E-state index is 6.71. The van der Waals surface area contributed by atoms with E-state index in [-0.39, 0.29) is 10.1 Å². The number of hydrogen-bond acceptors (Lipinski definition) is 2. The Morgan fingerprint density at radius 2 is 1.04 bits per heavy atom. The first-order chi connectivity index (χ1) is 10.0. The molecule has 23 heavy (non-hydrogen) atoms. The van der Waals surface area contributed by atoms with Crippen molar-refractivity contribution in [2.24, 2.45) is 0 Å². The van der Waals surface area contributed by atoms with Crippen molar-refractivity contribution in [3.8, 4) is 0 Å². The molecule has 0 fully saturated rings. The van der Waals surface area contributed by atoms with Crippen molar-refractivity contribution >= 4 is 16.6 Å². The van der Waals surface area contributed by atoms with Crippen LogP contribution in [0.15, 0.2) is 0 Å². The van der Waals surface area contributed by atoms with Gasteiger partial charge >= 0.3 is 0 Å². The average molecular weight is 361 g/mol. The molecule has 0 N–H and O–H groups in total. The Balaban J connectivity index is 5.38. The summed E-state index contributed by atoms with van der Waals surface area (Å²) in [6, 6.07) is 0. The molecule has 0 spiro atoms. The summed E-state index contributed by atoms with van der Waals surface area (Å²) in [6.07, 6.45) is 0. The molecule has 0 aliphatic heterocycles. The summed E-state index contributed by atoms with van der Waals surface area (Å²) in [5.41, 5.74) is 1.73. The van der Waals surface area contributed by atoms with Gasteiger partial charge in [0.1, 0.15) is 6.79 Å². The second-order valence-corrected chi connectivity index (χ2v) is 21.1. The third-order valence-corrected chi connectivity index (χ3v) is 18.4. The van der Waals surface area contributed by atoms with Gasteiger partial charge in [-0.05, 0) is 33.2 Å². The van der Waals surface area contributed by atoms with Crippen LogP contribution in [0.25, 0.3) is 0 Å². The fraction of sp³-hybridized carbons (Fsp3) is 1.00. The van der Waals surface area contributed by atoms with Gasteiger partial charge < -0.3 is 8.85 Å². The van der Waals surface area contributed by atoms with Crippen LogP contribution >= 0.6 is 0 Å². The van der Waals surface area contributed by atoms with E-state index in [1.54, 1.807) is 0 Å². The fourth-order valence-electron chi connectivity index (χ4n) is 4.45. The fourth-order valence-corrected chi connectivity index (χ4v) is 13.5. The van der Waals surface area contributed by atoms with E-state index in [1.165, 1.54) is 0 Å². The molecule has 0 amide bonds. The number of hydrogen-bond donors (Lipinski definition) is 0. The van der Waals surface area contributed by atoms with Crippen LogP contribution in [-0.2, 0) is 8.85 Å². The minimum atomic E-state index is -1.95. The third-order valence-electron chi connectivity index (χ3n) is 6.14. The highest BCUT2D eigenvalue weighted by Gasteiger charge is 2.52.